The summed E-state index contributed by atoms with van der Waals surface area (Å²) in [6.07, 6.45) is 7.46. The van der Waals surface area contributed by atoms with E-state index in [9.17, 15) is 0 Å². The number of rotatable bonds is 3. The second-order valence-corrected chi connectivity index (χ2v) is 5.39. The largest absolute Gasteiger partial charge is 0.490 e. The Morgan fingerprint density at radius 2 is 2.32 bits per heavy atom. The maximum atomic E-state index is 6.20. The van der Waals surface area contributed by atoms with Gasteiger partial charge in [-0.15, -0.1) is 0 Å². The third-order valence-corrected chi connectivity index (χ3v) is 4.01. The molecule has 2 atom stereocenters. The summed E-state index contributed by atoms with van der Waals surface area (Å²) in [5.74, 6) is 0.996. The molecular weight excluding hydrogens is 238 g/mol. The SMILES string of the molecule is CCc1c(OC2CCCC(N)C2)ccc2[nH]ncc12. The normalized spacial score (nSPS) is 23.7. The van der Waals surface area contributed by atoms with Crippen LogP contribution in [-0.4, -0.2) is 22.3 Å². The Morgan fingerprint density at radius 1 is 1.42 bits per heavy atom. The molecule has 1 fully saturated rings. The minimum Gasteiger partial charge on any atom is -0.490 e. The van der Waals surface area contributed by atoms with Crippen LogP contribution in [0.1, 0.15) is 38.2 Å². The third-order valence-electron chi connectivity index (χ3n) is 4.01. The van der Waals surface area contributed by atoms with Crippen LogP contribution < -0.4 is 10.5 Å². The van der Waals surface area contributed by atoms with Gasteiger partial charge >= 0.3 is 0 Å². The van der Waals surface area contributed by atoms with Crippen molar-refractivity contribution in [1.29, 1.82) is 0 Å². The van der Waals surface area contributed by atoms with Gasteiger partial charge in [0.25, 0.3) is 0 Å². The van der Waals surface area contributed by atoms with Crippen molar-refractivity contribution < 1.29 is 4.74 Å². The molecule has 1 aliphatic rings. The number of nitrogens with zero attached hydrogens (tertiary/aromatic N) is 1. The first kappa shape index (κ1) is 12.5. The van der Waals surface area contributed by atoms with E-state index in [0.29, 0.717) is 6.04 Å². The van der Waals surface area contributed by atoms with Crippen LogP contribution in [0.4, 0.5) is 0 Å². The smallest absolute Gasteiger partial charge is 0.123 e. The van der Waals surface area contributed by atoms with Crippen molar-refractivity contribution in [3.63, 3.8) is 0 Å². The summed E-state index contributed by atoms with van der Waals surface area (Å²) >= 11 is 0. The molecule has 0 radical (unpaired) electrons. The summed E-state index contributed by atoms with van der Waals surface area (Å²) in [5, 5.41) is 8.28. The predicted octanol–water partition coefficient (Wildman–Crippen LogP) is 2.77. The van der Waals surface area contributed by atoms with E-state index in [1.54, 1.807) is 0 Å². The summed E-state index contributed by atoms with van der Waals surface area (Å²) in [6, 6.07) is 4.39. The molecule has 0 spiro atoms. The van der Waals surface area contributed by atoms with Crippen LogP contribution in [-0.2, 0) is 6.42 Å². The predicted molar refractivity (Wildman–Crippen MR) is 76.3 cm³/mol. The first-order valence-electron chi connectivity index (χ1n) is 7.15. The van der Waals surface area contributed by atoms with E-state index in [1.165, 1.54) is 17.4 Å². The molecule has 1 aromatic heterocycles. The van der Waals surface area contributed by atoms with Gasteiger partial charge in [0.2, 0.25) is 0 Å². The Bertz CT molecular complexity index is 564. The number of hydrogen-bond donors (Lipinski definition) is 2. The van der Waals surface area contributed by atoms with E-state index in [1.807, 2.05) is 12.3 Å². The van der Waals surface area contributed by atoms with Crippen LogP contribution in [0.3, 0.4) is 0 Å². The van der Waals surface area contributed by atoms with Crippen LogP contribution in [0, 0.1) is 0 Å². The van der Waals surface area contributed by atoms with Gasteiger partial charge in [-0.2, -0.15) is 5.10 Å². The van der Waals surface area contributed by atoms with Crippen LogP contribution in [0.15, 0.2) is 18.3 Å². The quantitative estimate of drug-likeness (QED) is 0.890. The molecule has 3 rings (SSSR count). The first-order chi connectivity index (χ1) is 9.28. The van der Waals surface area contributed by atoms with E-state index in [2.05, 4.69) is 23.2 Å². The van der Waals surface area contributed by atoms with Crippen molar-refractivity contribution >= 4 is 10.9 Å². The van der Waals surface area contributed by atoms with Crippen molar-refractivity contribution in [1.82, 2.24) is 10.2 Å². The van der Waals surface area contributed by atoms with E-state index < -0.39 is 0 Å². The van der Waals surface area contributed by atoms with Crippen molar-refractivity contribution in [3.8, 4) is 5.75 Å². The van der Waals surface area contributed by atoms with Crippen LogP contribution in [0.25, 0.3) is 10.9 Å². The molecule has 4 heteroatoms. The van der Waals surface area contributed by atoms with E-state index in [4.69, 9.17) is 10.5 Å². The highest BCUT2D eigenvalue weighted by molar-refractivity contribution is 5.84. The minimum atomic E-state index is 0.262. The molecule has 1 saturated carbocycles. The zero-order valence-electron chi connectivity index (χ0n) is 11.4. The number of benzene rings is 1. The summed E-state index contributed by atoms with van der Waals surface area (Å²) in [5.41, 5.74) is 8.34. The second-order valence-electron chi connectivity index (χ2n) is 5.39. The Morgan fingerprint density at radius 3 is 3.11 bits per heavy atom. The van der Waals surface area contributed by atoms with Gasteiger partial charge in [-0.3, -0.25) is 5.10 Å². The van der Waals surface area contributed by atoms with Gasteiger partial charge < -0.3 is 10.5 Å². The van der Waals surface area contributed by atoms with Crippen LogP contribution in [0.2, 0.25) is 0 Å². The number of H-pyrrole nitrogens is 1. The van der Waals surface area contributed by atoms with Crippen molar-refractivity contribution in [3.05, 3.63) is 23.9 Å². The molecule has 2 unspecified atom stereocenters. The fourth-order valence-electron chi connectivity index (χ4n) is 3.00. The number of ether oxygens (including phenoxy) is 1. The molecule has 102 valence electrons. The molecule has 1 heterocycles. The average molecular weight is 259 g/mol. The lowest BCUT2D eigenvalue weighted by Gasteiger charge is -2.28. The molecule has 19 heavy (non-hydrogen) atoms. The van der Waals surface area contributed by atoms with Gasteiger partial charge in [-0.1, -0.05) is 6.92 Å². The topological polar surface area (TPSA) is 63.9 Å². The van der Waals surface area contributed by atoms with Gasteiger partial charge in [0.1, 0.15) is 11.9 Å². The zero-order valence-corrected chi connectivity index (χ0v) is 11.4. The Hall–Kier alpha value is -1.55. The average Bonchev–Trinajstić information content (AvgIpc) is 2.87. The molecule has 0 amide bonds. The molecule has 0 saturated heterocycles. The lowest BCUT2D eigenvalue weighted by Crippen LogP contribution is -2.33. The Balaban J connectivity index is 1.87. The standard InChI is InChI=1S/C15H21N3O/c1-2-12-13-9-17-18-14(13)6-7-15(12)19-11-5-3-4-10(16)8-11/h6-7,9-11H,2-5,8,16H2,1H3,(H,17,18). The fourth-order valence-corrected chi connectivity index (χ4v) is 3.00. The minimum absolute atomic E-state index is 0.262. The van der Waals surface area contributed by atoms with Crippen molar-refractivity contribution in [2.24, 2.45) is 5.73 Å². The van der Waals surface area contributed by atoms with E-state index >= 15 is 0 Å². The number of nitrogens with one attached hydrogen (secondary N) is 1. The molecule has 0 aliphatic heterocycles. The van der Waals surface area contributed by atoms with E-state index in [0.717, 1.165) is 36.9 Å². The molecule has 1 aliphatic carbocycles. The highest BCUT2D eigenvalue weighted by Gasteiger charge is 2.21. The Labute approximate surface area is 113 Å². The summed E-state index contributed by atoms with van der Waals surface area (Å²) in [4.78, 5) is 0. The highest BCUT2D eigenvalue weighted by atomic mass is 16.5. The number of aromatic amines is 1. The maximum absolute atomic E-state index is 6.20. The number of hydrogen-bond acceptors (Lipinski definition) is 3. The maximum Gasteiger partial charge on any atom is 0.123 e. The summed E-state index contributed by atoms with van der Waals surface area (Å²) in [6.45, 7) is 2.15. The second kappa shape index (κ2) is 5.21. The van der Waals surface area contributed by atoms with Crippen LogP contribution in [0.5, 0.6) is 5.75 Å². The van der Waals surface area contributed by atoms with Gasteiger partial charge in [0.05, 0.1) is 11.7 Å². The van der Waals surface area contributed by atoms with Crippen LogP contribution >= 0.6 is 0 Å². The van der Waals surface area contributed by atoms with Gasteiger partial charge in [-0.05, 0) is 44.2 Å². The number of aromatic nitrogens is 2. The molecule has 4 nitrogen and oxygen atoms in total. The fraction of sp³-hybridized carbons (Fsp3) is 0.533. The van der Waals surface area contributed by atoms with Gasteiger partial charge in [-0.25, -0.2) is 0 Å². The lowest BCUT2D eigenvalue weighted by atomic mass is 9.93. The summed E-state index contributed by atoms with van der Waals surface area (Å²) < 4.78 is 6.20. The number of fused-ring (bicyclic) bond motifs is 1. The van der Waals surface area contributed by atoms with Crippen molar-refractivity contribution in [2.45, 2.75) is 51.2 Å². The molecule has 3 N–H and O–H groups in total. The molecule has 0 bridgehead atoms. The van der Waals surface area contributed by atoms with Gasteiger partial charge in [0, 0.05) is 17.0 Å². The number of aryl methyl sites for hydroxylation is 1. The third kappa shape index (κ3) is 2.45. The molecular formula is C15H21N3O. The first-order valence-corrected chi connectivity index (χ1v) is 7.15. The summed E-state index contributed by atoms with van der Waals surface area (Å²) in [7, 11) is 0. The van der Waals surface area contributed by atoms with Crippen molar-refractivity contribution in [2.75, 3.05) is 0 Å². The zero-order chi connectivity index (χ0) is 13.2. The molecule has 2 aromatic rings. The van der Waals surface area contributed by atoms with E-state index in [-0.39, 0.29) is 6.10 Å². The lowest BCUT2D eigenvalue weighted by molar-refractivity contribution is 0.143. The highest BCUT2D eigenvalue weighted by Crippen LogP contribution is 2.30. The monoisotopic (exact) mass is 259 g/mol. The molecule has 1 aromatic carbocycles. The Kier molecular flexibility index (Phi) is 3.42. The van der Waals surface area contributed by atoms with Gasteiger partial charge in [0.15, 0.2) is 0 Å². The number of nitrogens with two attached hydrogens (primary N) is 1.